The van der Waals surface area contributed by atoms with Gasteiger partial charge >= 0.3 is 0 Å². The normalized spacial score (nSPS) is 13.9. The molecule has 8 nitrogen and oxygen atoms in total. The Kier molecular flexibility index (Phi) is 11.2. The van der Waals surface area contributed by atoms with Crippen LogP contribution in [0.2, 0.25) is 0 Å². The van der Waals surface area contributed by atoms with Crippen molar-refractivity contribution in [3.05, 3.63) is 101 Å². The number of benzene rings is 3. The fourth-order valence-electron chi connectivity index (χ4n) is 4.56. The Hall–Kier alpha value is -3.60. The maximum atomic E-state index is 13.8. The van der Waals surface area contributed by atoms with Gasteiger partial charge in [-0.3, -0.25) is 9.59 Å². The third-order valence-electron chi connectivity index (χ3n) is 6.99. The fraction of sp³-hybridized carbons (Fsp3) is 0.375. The molecule has 42 heavy (non-hydrogen) atoms. The van der Waals surface area contributed by atoms with Gasteiger partial charge in [-0.1, -0.05) is 54.6 Å². The first-order valence-corrected chi connectivity index (χ1v) is 15.8. The minimum absolute atomic E-state index is 0.0128. The lowest BCUT2D eigenvalue weighted by Gasteiger charge is -2.32. The number of nitrogens with one attached hydrogen (secondary N) is 2. The highest BCUT2D eigenvalue weighted by Gasteiger charge is 2.31. The van der Waals surface area contributed by atoms with Gasteiger partial charge in [-0.05, 0) is 73.6 Å². The molecule has 0 radical (unpaired) electrons. The van der Waals surface area contributed by atoms with Crippen molar-refractivity contribution in [2.45, 2.75) is 62.6 Å². The molecule has 1 fully saturated rings. The van der Waals surface area contributed by atoms with Gasteiger partial charge in [0.2, 0.25) is 21.8 Å². The highest BCUT2D eigenvalue weighted by atomic mass is 32.2. The van der Waals surface area contributed by atoms with E-state index in [2.05, 4.69) is 10.0 Å². The lowest BCUT2D eigenvalue weighted by molar-refractivity contribution is -0.141. The second kappa shape index (κ2) is 15.0. The monoisotopic (exact) mass is 595 g/mol. The van der Waals surface area contributed by atoms with Crippen molar-refractivity contribution >= 4 is 21.8 Å². The highest BCUT2D eigenvalue weighted by molar-refractivity contribution is 7.89. The number of hydrogen-bond acceptors (Lipinski definition) is 5. The smallest absolute Gasteiger partial charge is 0.247 e. The summed E-state index contributed by atoms with van der Waals surface area (Å²) in [6.45, 7) is 3.52. The van der Waals surface area contributed by atoms with Crippen molar-refractivity contribution in [1.29, 1.82) is 0 Å². The predicted octanol–water partition coefficient (Wildman–Crippen LogP) is 4.51. The quantitative estimate of drug-likeness (QED) is 0.237. The second-order valence-corrected chi connectivity index (χ2v) is 12.1. The molecule has 1 aliphatic carbocycles. The van der Waals surface area contributed by atoms with Crippen molar-refractivity contribution in [2.75, 3.05) is 19.8 Å². The van der Waals surface area contributed by atoms with Crippen molar-refractivity contribution in [1.82, 2.24) is 14.9 Å². The van der Waals surface area contributed by atoms with Gasteiger partial charge in [0.1, 0.15) is 11.9 Å². The number of nitrogens with zero attached hydrogens (tertiary/aromatic N) is 1. The Bertz CT molecular complexity index is 1410. The average molecular weight is 596 g/mol. The summed E-state index contributed by atoms with van der Waals surface area (Å²) >= 11 is 0. The van der Waals surface area contributed by atoms with Crippen molar-refractivity contribution < 1.29 is 27.1 Å². The van der Waals surface area contributed by atoms with Gasteiger partial charge in [0.25, 0.3) is 0 Å². The van der Waals surface area contributed by atoms with E-state index in [0.29, 0.717) is 43.7 Å². The summed E-state index contributed by atoms with van der Waals surface area (Å²) in [5, 5.41) is 2.95. The van der Waals surface area contributed by atoms with Gasteiger partial charge < -0.3 is 15.0 Å². The summed E-state index contributed by atoms with van der Waals surface area (Å²) in [5.41, 5.74) is 2.15. The minimum atomic E-state index is -3.56. The van der Waals surface area contributed by atoms with Crippen LogP contribution in [-0.4, -0.2) is 50.9 Å². The van der Waals surface area contributed by atoms with E-state index in [0.717, 1.165) is 18.4 Å². The summed E-state index contributed by atoms with van der Waals surface area (Å²) in [6.07, 6.45) is 2.78. The van der Waals surface area contributed by atoms with E-state index in [9.17, 15) is 22.4 Å². The Morgan fingerprint density at radius 3 is 2.29 bits per heavy atom. The standard InChI is InChI=1S/C32H38FN3O5S/c1-2-41-22-6-21-34-32(38)31(26-7-4-3-5-8-26)36(23-25-9-14-27(33)15-10-25)30(37)20-13-24-11-18-29(19-12-24)42(39,40)35-28-16-17-28/h3-5,7-12,14-15,18-19,28,31,35H,2,6,13,16-17,20-23H2,1H3,(H,34,38). The van der Waals surface area contributed by atoms with Gasteiger partial charge in [0.05, 0.1) is 4.90 Å². The molecule has 2 amide bonds. The predicted molar refractivity (Wildman–Crippen MR) is 158 cm³/mol. The molecular formula is C32H38FN3O5S. The largest absolute Gasteiger partial charge is 0.382 e. The number of amides is 2. The Labute approximate surface area is 247 Å². The molecule has 0 bridgehead atoms. The summed E-state index contributed by atoms with van der Waals surface area (Å²) < 4.78 is 46.7. The van der Waals surface area contributed by atoms with Crippen LogP contribution in [0.15, 0.2) is 83.8 Å². The molecule has 0 aromatic heterocycles. The molecule has 10 heteroatoms. The third-order valence-corrected chi connectivity index (χ3v) is 8.53. The van der Waals surface area contributed by atoms with Gasteiger partial charge in [-0.25, -0.2) is 17.5 Å². The molecule has 0 aliphatic heterocycles. The summed E-state index contributed by atoms with van der Waals surface area (Å²) in [4.78, 5) is 29.1. The van der Waals surface area contributed by atoms with E-state index in [1.54, 1.807) is 36.4 Å². The van der Waals surface area contributed by atoms with Crippen LogP contribution in [0, 0.1) is 5.82 Å². The Balaban J connectivity index is 1.52. The van der Waals surface area contributed by atoms with E-state index in [4.69, 9.17) is 4.74 Å². The van der Waals surface area contributed by atoms with Crippen LogP contribution in [0.25, 0.3) is 0 Å². The van der Waals surface area contributed by atoms with E-state index in [-0.39, 0.29) is 41.5 Å². The molecular weight excluding hydrogens is 557 g/mol. The van der Waals surface area contributed by atoms with Crippen molar-refractivity contribution in [3.8, 4) is 0 Å². The van der Waals surface area contributed by atoms with Crippen LogP contribution >= 0.6 is 0 Å². The molecule has 1 unspecified atom stereocenters. The van der Waals surface area contributed by atoms with Gasteiger partial charge in [0.15, 0.2) is 0 Å². The molecule has 0 spiro atoms. The molecule has 1 saturated carbocycles. The van der Waals surface area contributed by atoms with Crippen LogP contribution in [0.4, 0.5) is 4.39 Å². The van der Waals surface area contributed by atoms with E-state index >= 15 is 0 Å². The van der Waals surface area contributed by atoms with Crippen LogP contribution in [0.5, 0.6) is 0 Å². The number of ether oxygens (including phenoxy) is 1. The average Bonchev–Trinajstić information content (AvgIpc) is 3.80. The second-order valence-electron chi connectivity index (χ2n) is 10.3. The van der Waals surface area contributed by atoms with Crippen molar-refractivity contribution in [2.24, 2.45) is 0 Å². The molecule has 0 heterocycles. The summed E-state index contributed by atoms with van der Waals surface area (Å²) in [5.74, 6) is -0.961. The van der Waals surface area contributed by atoms with E-state index < -0.39 is 16.1 Å². The maximum absolute atomic E-state index is 13.8. The molecule has 224 valence electrons. The number of carbonyl (C=O) groups is 2. The van der Waals surface area contributed by atoms with Crippen molar-refractivity contribution in [3.63, 3.8) is 0 Å². The number of carbonyl (C=O) groups excluding carboxylic acids is 2. The van der Waals surface area contributed by atoms with Crippen LogP contribution in [0.3, 0.4) is 0 Å². The molecule has 4 rings (SSSR count). The lowest BCUT2D eigenvalue weighted by Crippen LogP contribution is -2.43. The number of halogens is 1. The SMILES string of the molecule is CCOCCCNC(=O)C(c1ccccc1)N(Cc1ccc(F)cc1)C(=O)CCc1ccc(S(=O)(=O)NC2CC2)cc1. The number of rotatable bonds is 16. The Morgan fingerprint density at radius 1 is 0.976 bits per heavy atom. The lowest BCUT2D eigenvalue weighted by atomic mass is 10.0. The first kappa shape index (κ1) is 31.3. The molecule has 1 aliphatic rings. The van der Waals surface area contributed by atoms with E-state index in [1.165, 1.54) is 17.0 Å². The topological polar surface area (TPSA) is 105 Å². The summed E-state index contributed by atoms with van der Waals surface area (Å²) in [6, 6.07) is 20.6. The van der Waals surface area contributed by atoms with Gasteiger partial charge in [-0.15, -0.1) is 0 Å². The van der Waals surface area contributed by atoms with Crippen LogP contribution in [-0.2, 0) is 37.3 Å². The minimum Gasteiger partial charge on any atom is -0.382 e. The first-order valence-electron chi connectivity index (χ1n) is 14.3. The number of hydrogen-bond donors (Lipinski definition) is 2. The molecule has 2 N–H and O–H groups in total. The molecule has 0 saturated heterocycles. The summed E-state index contributed by atoms with van der Waals surface area (Å²) in [7, 11) is -3.56. The fourth-order valence-corrected chi connectivity index (χ4v) is 5.87. The zero-order chi connectivity index (χ0) is 30.0. The molecule has 3 aromatic rings. The van der Waals surface area contributed by atoms with Crippen LogP contribution < -0.4 is 10.0 Å². The van der Waals surface area contributed by atoms with E-state index in [1.807, 2.05) is 37.3 Å². The number of sulfonamides is 1. The van der Waals surface area contributed by atoms with Gasteiger partial charge in [-0.2, -0.15) is 0 Å². The number of aryl methyl sites for hydroxylation is 1. The van der Waals surface area contributed by atoms with Crippen LogP contribution in [0.1, 0.15) is 55.3 Å². The molecule has 1 atom stereocenters. The Morgan fingerprint density at radius 2 is 1.64 bits per heavy atom. The highest BCUT2D eigenvalue weighted by Crippen LogP contribution is 2.26. The third kappa shape index (κ3) is 9.20. The zero-order valence-electron chi connectivity index (χ0n) is 23.8. The van der Waals surface area contributed by atoms with Gasteiger partial charge in [0, 0.05) is 38.8 Å². The maximum Gasteiger partial charge on any atom is 0.247 e. The first-order chi connectivity index (χ1) is 20.3. The zero-order valence-corrected chi connectivity index (χ0v) is 24.6. The molecule has 3 aromatic carbocycles.